The number of hydrogen-bond acceptors (Lipinski definition) is 5. The van der Waals surface area contributed by atoms with Crippen molar-refractivity contribution in [2.24, 2.45) is 0 Å². The molecule has 0 aliphatic heterocycles. The fourth-order valence-electron chi connectivity index (χ4n) is 2.08. The highest BCUT2D eigenvalue weighted by Gasteiger charge is 2.27. The Labute approximate surface area is 128 Å². The lowest BCUT2D eigenvalue weighted by Gasteiger charge is -2.19. The molecule has 21 heavy (non-hydrogen) atoms. The maximum atomic E-state index is 12.4. The van der Waals surface area contributed by atoms with Crippen LogP contribution >= 0.6 is 11.5 Å². The SMILES string of the molecule is CC(NC(=O)c1snnc1C(C)(C)C)c1ccccc1N. The van der Waals surface area contributed by atoms with E-state index < -0.39 is 0 Å². The van der Waals surface area contributed by atoms with Gasteiger partial charge in [0.2, 0.25) is 0 Å². The first-order valence-corrected chi connectivity index (χ1v) is 7.56. The third kappa shape index (κ3) is 3.39. The molecule has 1 atom stereocenters. The minimum Gasteiger partial charge on any atom is -0.398 e. The van der Waals surface area contributed by atoms with E-state index in [1.54, 1.807) is 0 Å². The summed E-state index contributed by atoms with van der Waals surface area (Å²) in [6.45, 7) is 7.95. The van der Waals surface area contributed by atoms with Crippen molar-refractivity contribution in [2.75, 3.05) is 5.73 Å². The predicted octanol–water partition coefficient (Wildman–Crippen LogP) is 2.91. The molecule has 112 valence electrons. The van der Waals surface area contributed by atoms with Crippen LogP contribution < -0.4 is 11.1 Å². The van der Waals surface area contributed by atoms with Crippen LogP contribution in [-0.4, -0.2) is 15.5 Å². The number of nitrogen functional groups attached to an aromatic ring is 1. The normalized spacial score (nSPS) is 13.0. The van der Waals surface area contributed by atoms with Crippen molar-refractivity contribution in [3.05, 3.63) is 40.4 Å². The van der Waals surface area contributed by atoms with Crippen molar-refractivity contribution in [2.45, 2.75) is 39.2 Å². The van der Waals surface area contributed by atoms with Gasteiger partial charge in [-0.3, -0.25) is 4.79 Å². The molecule has 5 nitrogen and oxygen atoms in total. The highest BCUT2D eigenvalue weighted by molar-refractivity contribution is 7.08. The van der Waals surface area contributed by atoms with Crippen LogP contribution in [0.2, 0.25) is 0 Å². The molecule has 0 spiro atoms. The van der Waals surface area contributed by atoms with Crippen LogP contribution in [0.5, 0.6) is 0 Å². The summed E-state index contributed by atoms with van der Waals surface area (Å²) in [4.78, 5) is 13.0. The molecule has 1 unspecified atom stereocenters. The number of benzene rings is 1. The lowest BCUT2D eigenvalue weighted by molar-refractivity contribution is 0.0941. The number of hydrogen-bond donors (Lipinski definition) is 2. The topological polar surface area (TPSA) is 80.9 Å². The standard InChI is InChI=1S/C15H20N4OS/c1-9(10-7-5-6-8-11(10)16)17-14(20)12-13(15(2,3)4)18-19-21-12/h5-9H,16H2,1-4H3,(H,17,20). The molecule has 1 heterocycles. The van der Waals surface area contributed by atoms with Crippen LogP contribution in [-0.2, 0) is 5.41 Å². The van der Waals surface area contributed by atoms with Gasteiger partial charge in [-0.2, -0.15) is 0 Å². The molecule has 1 aromatic carbocycles. The van der Waals surface area contributed by atoms with Crippen molar-refractivity contribution in [1.82, 2.24) is 14.9 Å². The zero-order chi connectivity index (χ0) is 15.6. The first-order valence-electron chi connectivity index (χ1n) is 6.79. The van der Waals surface area contributed by atoms with Crippen molar-refractivity contribution < 1.29 is 4.79 Å². The minimum atomic E-state index is -0.214. The lowest BCUT2D eigenvalue weighted by atomic mass is 9.91. The monoisotopic (exact) mass is 304 g/mol. The summed E-state index contributed by atoms with van der Waals surface area (Å²) >= 11 is 1.12. The quantitative estimate of drug-likeness (QED) is 0.854. The molecular weight excluding hydrogens is 284 g/mol. The molecule has 2 rings (SSSR count). The van der Waals surface area contributed by atoms with Crippen molar-refractivity contribution >= 4 is 23.1 Å². The van der Waals surface area contributed by atoms with Gasteiger partial charge in [0.05, 0.1) is 11.7 Å². The Balaban J connectivity index is 2.20. The van der Waals surface area contributed by atoms with E-state index in [0.717, 1.165) is 22.8 Å². The van der Waals surface area contributed by atoms with Crippen LogP contribution in [0.4, 0.5) is 5.69 Å². The number of carbonyl (C=O) groups excluding carboxylic acids is 1. The molecule has 2 aromatic rings. The molecule has 6 heteroatoms. The van der Waals surface area contributed by atoms with E-state index in [4.69, 9.17) is 5.73 Å². The summed E-state index contributed by atoms with van der Waals surface area (Å²) < 4.78 is 3.91. The summed E-state index contributed by atoms with van der Waals surface area (Å²) in [7, 11) is 0. The second kappa shape index (κ2) is 5.81. The summed E-state index contributed by atoms with van der Waals surface area (Å²) in [6.07, 6.45) is 0. The van der Waals surface area contributed by atoms with E-state index in [2.05, 4.69) is 14.9 Å². The Morgan fingerprint density at radius 3 is 2.62 bits per heavy atom. The van der Waals surface area contributed by atoms with Gasteiger partial charge in [-0.25, -0.2) is 0 Å². The Morgan fingerprint density at radius 2 is 2.00 bits per heavy atom. The Morgan fingerprint density at radius 1 is 1.33 bits per heavy atom. The number of nitrogens with two attached hydrogens (primary N) is 1. The van der Waals surface area contributed by atoms with E-state index in [1.807, 2.05) is 52.0 Å². The highest BCUT2D eigenvalue weighted by Crippen LogP contribution is 2.27. The van der Waals surface area contributed by atoms with E-state index >= 15 is 0 Å². The van der Waals surface area contributed by atoms with Gasteiger partial charge in [0.25, 0.3) is 5.91 Å². The van der Waals surface area contributed by atoms with E-state index in [9.17, 15) is 4.79 Å². The summed E-state index contributed by atoms with van der Waals surface area (Å²) in [6, 6.07) is 7.35. The number of amides is 1. The zero-order valence-electron chi connectivity index (χ0n) is 12.7. The van der Waals surface area contributed by atoms with E-state index in [1.165, 1.54) is 0 Å². The van der Waals surface area contributed by atoms with Gasteiger partial charge in [-0.05, 0) is 30.1 Å². The van der Waals surface area contributed by atoms with Gasteiger partial charge in [0.15, 0.2) is 0 Å². The maximum Gasteiger partial charge on any atom is 0.265 e. The number of anilines is 1. The smallest absolute Gasteiger partial charge is 0.265 e. The molecule has 0 aliphatic carbocycles. The Hall–Kier alpha value is -1.95. The minimum absolute atomic E-state index is 0.161. The fourth-order valence-corrected chi connectivity index (χ4v) is 2.85. The molecule has 0 saturated heterocycles. The number of nitrogens with zero attached hydrogens (tertiary/aromatic N) is 2. The zero-order valence-corrected chi connectivity index (χ0v) is 13.5. The molecule has 0 saturated carbocycles. The van der Waals surface area contributed by atoms with Crippen LogP contribution in [0, 0.1) is 0 Å². The van der Waals surface area contributed by atoms with Gasteiger partial charge in [-0.15, -0.1) is 5.10 Å². The second-order valence-corrected chi connectivity index (χ2v) is 6.78. The average molecular weight is 304 g/mol. The van der Waals surface area contributed by atoms with Crippen molar-refractivity contribution in [3.8, 4) is 0 Å². The Bertz CT molecular complexity index is 645. The first kappa shape index (κ1) is 15.4. The largest absolute Gasteiger partial charge is 0.398 e. The Kier molecular flexibility index (Phi) is 4.27. The van der Waals surface area contributed by atoms with Gasteiger partial charge in [-0.1, -0.05) is 43.5 Å². The number of aromatic nitrogens is 2. The molecule has 1 amide bonds. The summed E-state index contributed by atoms with van der Waals surface area (Å²) in [5.74, 6) is -0.161. The van der Waals surface area contributed by atoms with Gasteiger partial charge in [0, 0.05) is 11.1 Å². The molecular formula is C15H20N4OS. The number of carbonyl (C=O) groups is 1. The lowest BCUT2D eigenvalue weighted by Crippen LogP contribution is -2.29. The molecule has 0 radical (unpaired) electrons. The third-order valence-corrected chi connectivity index (χ3v) is 3.94. The second-order valence-electron chi connectivity index (χ2n) is 6.02. The summed E-state index contributed by atoms with van der Waals surface area (Å²) in [5.41, 5.74) is 8.02. The number of para-hydroxylation sites is 1. The third-order valence-electron chi connectivity index (χ3n) is 3.21. The molecule has 0 bridgehead atoms. The van der Waals surface area contributed by atoms with Gasteiger partial charge in [0.1, 0.15) is 4.88 Å². The van der Waals surface area contributed by atoms with Gasteiger partial charge < -0.3 is 11.1 Å². The number of rotatable bonds is 3. The predicted molar refractivity (Wildman–Crippen MR) is 85.3 cm³/mol. The highest BCUT2D eigenvalue weighted by atomic mass is 32.1. The molecule has 1 aromatic heterocycles. The maximum absolute atomic E-state index is 12.4. The van der Waals surface area contributed by atoms with Crippen LogP contribution in [0.3, 0.4) is 0 Å². The van der Waals surface area contributed by atoms with Crippen molar-refractivity contribution in [1.29, 1.82) is 0 Å². The van der Waals surface area contributed by atoms with E-state index in [0.29, 0.717) is 10.6 Å². The average Bonchev–Trinajstić information content (AvgIpc) is 2.88. The van der Waals surface area contributed by atoms with Gasteiger partial charge >= 0.3 is 0 Å². The molecule has 0 fully saturated rings. The number of nitrogens with one attached hydrogen (secondary N) is 1. The molecule has 3 N–H and O–H groups in total. The van der Waals surface area contributed by atoms with Crippen LogP contribution in [0.25, 0.3) is 0 Å². The first-order chi connectivity index (χ1) is 9.80. The van der Waals surface area contributed by atoms with Crippen LogP contribution in [0.15, 0.2) is 24.3 Å². The van der Waals surface area contributed by atoms with E-state index in [-0.39, 0.29) is 17.4 Å². The van der Waals surface area contributed by atoms with Crippen LogP contribution in [0.1, 0.15) is 54.7 Å². The molecule has 0 aliphatic rings. The summed E-state index contributed by atoms with van der Waals surface area (Å²) in [5, 5.41) is 7.05. The van der Waals surface area contributed by atoms with Crippen molar-refractivity contribution in [3.63, 3.8) is 0 Å². The fraction of sp³-hybridized carbons (Fsp3) is 0.400.